The molecule has 0 aromatic carbocycles. The molecule has 0 rings (SSSR count). The van der Waals surface area contributed by atoms with Crippen LogP contribution in [-0.4, -0.2) is 47.4 Å². The Bertz CT molecular complexity index is 1080. The van der Waals surface area contributed by atoms with Crippen molar-refractivity contribution in [2.24, 2.45) is 0 Å². The number of unbranched alkanes of at least 4 members (excludes halogenated alkanes) is 43. The number of ether oxygens (including phenoxy) is 1. The zero-order chi connectivity index (χ0) is 50.0. The number of aliphatic hydroxyl groups is 2. The second-order valence-electron chi connectivity index (χ2n) is 21.4. The van der Waals surface area contributed by atoms with E-state index in [1.807, 2.05) is 0 Å². The summed E-state index contributed by atoms with van der Waals surface area (Å²) in [4.78, 5) is 24.6. The van der Waals surface area contributed by atoms with Crippen molar-refractivity contribution in [3.8, 4) is 0 Å². The highest BCUT2D eigenvalue weighted by atomic mass is 16.5. The average molecular weight is 973 g/mol. The van der Waals surface area contributed by atoms with E-state index >= 15 is 0 Å². The third-order valence-electron chi connectivity index (χ3n) is 14.5. The van der Waals surface area contributed by atoms with Gasteiger partial charge in [0, 0.05) is 12.8 Å². The summed E-state index contributed by atoms with van der Waals surface area (Å²) in [5.41, 5.74) is 0. The zero-order valence-electron chi connectivity index (χ0n) is 46.6. The summed E-state index contributed by atoms with van der Waals surface area (Å²) in [5, 5.41) is 23.4. The van der Waals surface area contributed by atoms with Gasteiger partial charge in [-0.2, -0.15) is 0 Å². The summed E-state index contributed by atoms with van der Waals surface area (Å²) in [6, 6.07) is -0.560. The van der Waals surface area contributed by atoms with Gasteiger partial charge in [0.05, 0.1) is 25.4 Å². The number of carbonyl (C=O) groups is 2. The molecule has 0 aliphatic carbocycles. The topological polar surface area (TPSA) is 95.9 Å². The molecule has 0 aliphatic heterocycles. The Morgan fingerprint density at radius 2 is 0.725 bits per heavy atom. The predicted octanol–water partition coefficient (Wildman–Crippen LogP) is 19.4. The highest BCUT2D eigenvalue weighted by molar-refractivity contribution is 5.76. The van der Waals surface area contributed by atoms with Gasteiger partial charge in [0.15, 0.2) is 0 Å². The minimum Gasteiger partial charge on any atom is -0.466 e. The van der Waals surface area contributed by atoms with Crippen molar-refractivity contribution in [1.29, 1.82) is 0 Å². The quantitative estimate of drug-likeness (QED) is 0.0321. The van der Waals surface area contributed by atoms with Gasteiger partial charge < -0.3 is 20.3 Å². The lowest BCUT2D eigenvalue weighted by Crippen LogP contribution is -2.45. The lowest BCUT2D eigenvalue weighted by atomic mass is 10.0. The molecule has 0 bridgehead atoms. The minimum atomic E-state index is -0.681. The van der Waals surface area contributed by atoms with E-state index in [4.69, 9.17) is 4.74 Å². The van der Waals surface area contributed by atoms with Crippen molar-refractivity contribution < 1.29 is 24.5 Å². The van der Waals surface area contributed by atoms with E-state index in [0.717, 1.165) is 64.2 Å². The number of hydrogen-bond acceptors (Lipinski definition) is 5. The molecule has 0 saturated carbocycles. The Morgan fingerprint density at radius 3 is 1.13 bits per heavy atom. The maximum absolute atomic E-state index is 12.5. The van der Waals surface area contributed by atoms with Crippen LogP contribution in [0.15, 0.2) is 24.3 Å². The molecule has 0 aliphatic rings. The van der Waals surface area contributed by atoms with Crippen LogP contribution in [0.3, 0.4) is 0 Å². The van der Waals surface area contributed by atoms with Gasteiger partial charge in [-0.05, 0) is 57.8 Å². The fraction of sp³-hybridized carbons (Fsp3) is 0.905. The highest BCUT2D eigenvalue weighted by Gasteiger charge is 2.20. The van der Waals surface area contributed by atoms with Gasteiger partial charge in [0.25, 0.3) is 0 Å². The molecule has 0 aromatic heterocycles. The van der Waals surface area contributed by atoms with Gasteiger partial charge in [-0.25, -0.2) is 0 Å². The third-order valence-corrected chi connectivity index (χ3v) is 14.5. The van der Waals surface area contributed by atoms with Crippen LogP contribution in [-0.2, 0) is 14.3 Å². The van der Waals surface area contributed by atoms with Crippen molar-refractivity contribution in [3.05, 3.63) is 24.3 Å². The first kappa shape index (κ1) is 67.3. The molecule has 408 valence electrons. The van der Waals surface area contributed by atoms with Gasteiger partial charge in [-0.15, -0.1) is 0 Å². The SMILES string of the molecule is CCCCC/C=C\C/C=C\CCCCCCCCCCCC(=O)OCCCCCCCCCCCCC(=O)NC(CO)C(O)CCCCCCCCCCCCCCCCCCCCCCCCC. The summed E-state index contributed by atoms with van der Waals surface area (Å²) in [6.07, 6.45) is 71.8. The van der Waals surface area contributed by atoms with Crippen LogP contribution >= 0.6 is 0 Å². The summed E-state index contributed by atoms with van der Waals surface area (Å²) in [7, 11) is 0. The molecular formula is C63H121NO5. The van der Waals surface area contributed by atoms with Gasteiger partial charge in [0.2, 0.25) is 5.91 Å². The summed E-state index contributed by atoms with van der Waals surface area (Å²) in [6.45, 7) is 4.90. The molecule has 69 heavy (non-hydrogen) atoms. The van der Waals surface area contributed by atoms with E-state index in [-0.39, 0.29) is 18.5 Å². The Morgan fingerprint density at radius 1 is 0.406 bits per heavy atom. The van der Waals surface area contributed by atoms with E-state index in [1.165, 1.54) is 244 Å². The standard InChI is InChI=1S/C63H121NO5/c1-3-5-7-9-11-13-15-17-19-21-23-24-25-26-28-29-31-33-35-39-43-47-51-55-61(66)60(59-65)64-62(67)56-52-48-44-40-37-38-42-46-50-54-58-69-63(68)57-53-49-45-41-36-34-32-30-27-22-20-18-16-14-12-10-8-6-4-2/h12,14,18,20,60-61,65-66H,3-11,13,15-17,19,21-59H2,1-2H3,(H,64,67)/b14-12-,20-18-. The van der Waals surface area contributed by atoms with Crippen LogP contribution < -0.4 is 5.32 Å². The van der Waals surface area contributed by atoms with Gasteiger partial charge >= 0.3 is 5.97 Å². The minimum absolute atomic E-state index is 0.0213. The molecule has 2 atom stereocenters. The van der Waals surface area contributed by atoms with Crippen LogP contribution in [0.25, 0.3) is 0 Å². The molecule has 1 amide bonds. The largest absolute Gasteiger partial charge is 0.466 e. The van der Waals surface area contributed by atoms with Crippen LogP contribution in [0, 0.1) is 0 Å². The fourth-order valence-corrected chi connectivity index (χ4v) is 9.73. The molecule has 6 heteroatoms. The van der Waals surface area contributed by atoms with Crippen LogP contribution in [0.5, 0.6) is 0 Å². The number of nitrogens with one attached hydrogen (secondary N) is 1. The molecule has 0 fully saturated rings. The van der Waals surface area contributed by atoms with Gasteiger partial charge in [-0.3, -0.25) is 9.59 Å². The molecule has 0 radical (unpaired) electrons. The first-order valence-corrected chi connectivity index (χ1v) is 31.1. The van der Waals surface area contributed by atoms with Crippen LogP contribution in [0.1, 0.15) is 341 Å². The van der Waals surface area contributed by atoms with Gasteiger partial charge in [-0.1, -0.05) is 295 Å². The van der Waals surface area contributed by atoms with E-state index in [1.54, 1.807) is 0 Å². The first-order valence-electron chi connectivity index (χ1n) is 31.1. The highest BCUT2D eigenvalue weighted by Crippen LogP contribution is 2.18. The molecule has 2 unspecified atom stereocenters. The second kappa shape index (κ2) is 58.9. The number of hydrogen-bond donors (Lipinski definition) is 3. The van der Waals surface area contributed by atoms with Crippen molar-refractivity contribution >= 4 is 11.9 Å². The number of rotatable bonds is 58. The predicted molar refractivity (Wildman–Crippen MR) is 301 cm³/mol. The van der Waals surface area contributed by atoms with Crippen molar-refractivity contribution in [3.63, 3.8) is 0 Å². The Hall–Kier alpha value is -1.66. The first-order chi connectivity index (χ1) is 34.0. The van der Waals surface area contributed by atoms with E-state index < -0.39 is 12.1 Å². The third kappa shape index (κ3) is 55.5. The number of amides is 1. The lowest BCUT2D eigenvalue weighted by molar-refractivity contribution is -0.143. The molecule has 3 N–H and O–H groups in total. The summed E-state index contributed by atoms with van der Waals surface area (Å²) >= 11 is 0. The van der Waals surface area contributed by atoms with Crippen molar-refractivity contribution in [2.75, 3.05) is 13.2 Å². The zero-order valence-corrected chi connectivity index (χ0v) is 46.6. The number of allylic oxidation sites excluding steroid dienone is 4. The van der Waals surface area contributed by atoms with Crippen molar-refractivity contribution in [2.45, 2.75) is 353 Å². The van der Waals surface area contributed by atoms with Crippen LogP contribution in [0.4, 0.5) is 0 Å². The molecule has 6 nitrogen and oxygen atoms in total. The number of esters is 1. The normalized spacial score (nSPS) is 12.7. The van der Waals surface area contributed by atoms with E-state index in [2.05, 4.69) is 43.5 Å². The Labute approximate surface area is 431 Å². The number of carbonyl (C=O) groups excluding carboxylic acids is 2. The maximum Gasteiger partial charge on any atom is 0.305 e. The van der Waals surface area contributed by atoms with E-state index in [0.29, 0.717) is 25.9 Å². The van der Waals surface area contributed by atoms with Crippen LogP contribution in [0.2, 0.25) is 0 Å². The monoisotopic (exact) mass is 972 g/mol. The number of aliphatic hydroxyl groups excluding tert-OH is 2. The smallest absolute Gasteiger partial charge is 0.305 e. The molecular weight excluding hydrogens is 851 g/mol. The Balaban J connectivity index is 3.45. The second-order valence-corrected chi connectivity index (χ2v) is 21.4. The average Bonchev–Trinajstić information content (AvgIpc) is 3.35. The lowest BCUT2D eigenvalue weighted by Gasteiger charge is -2.22. The summed E-state index contributed by atoms with van der Waals surface area (Å²) < 4.78 is 5.48. The Kier molecular flexibility index (Phi) is 57.5. The van der Waals surface area contributed by atoms with Crippen molar-refractivity contribution in [1.82, 2.24) is 5.32 Å². The molecule has 0 spiro atoms. The molecule has 0 heterocycles. The fourth-order valence-electron chi connectivity index (χ4n) is 9.73. The maximum atomic E-state index is 12.5. The van der Waals surface area contributed by atoms with Gasteiger partial charge in [0.1, 0.15) is 0 Å². The summed E-state index contributed by atoms with van der Waals surface area (Å²) in [5.74, 6) is -0.0757. The van der Waals surface area contributed by atoms with E-state index in [9.17, 15) is 19.8 Å². The molecule has 0 saturated heterocycles. The molecule has 0 aromatic rings.